The molecule has 2 aromatic rings. The van der Waals surface area contributed by atoms with Gasteiger partial charge in [0, 0.05) is 11.1 Å². The molecule has 0 saturated heterocycles. The predicted molar refractivity (Wildman–Crippen MR) is 59.8 cm³/mol. The number of carbonyl (C=O) groups is 1. The van der Waals surface area contributed by atoms with E-state index in [4.69, 9.17) is 10.3 Å². The molecule has 2 heterocycles. The number of rotatable bonds is 4. The van der Waals surface area contributed by atoms with Gasteiger partial charge >= 0.3 is 0 Å². The Bertz CT molecular complexity index is 468. The van der Waals surface area contributed by atoms with Crippen LogP contribution < -0.4 is 11.3 Å². The molecule has 0 radical (unpaired) electrons. The van der Waals surface area contributed by atoms with Crippen molar-refractivity contribution in [3.05, 3.63) is 28.5 Å². The third kappa shape index (κ3) is 2.60. The van der Waals surface area contributed by atoms with E-state index in [0.29, 0.717) is 16.0 Å². The number of amides is 1. The van der Waals surface area contributed by atoms with Gasteiger partial charge in [0.15, 0.2) is 5.01 Å². The standard InChI is InChI=1S/C8H8N4O2S2/c9-12-6(13)7-11-5(3-15-7)4-16-8-10-1-2-14-8/h1-3H,4,9H2,(H,12,13). The van der Waals surface area contributed by atoms with Crippen LogP contribution in [0.25, 0.3) is 0 Å². The van der Waals surface area contributed by atoms with E-state index in [2.05, 4.69) is 9.97 Å². The van der Waals surface area contributed by atoms with E-state index in [9.17, 15) is 4.79 Å². The molecule has 0 unspecified atom stereocenters. The van der Waals surface area contributed by atoms with Crippen molar-refractivity contribution in [2.45, 2.75) is 11.0 Å². The Morgan fingerprint density at radius 1 is 1.69 bits per heavy atom. The van der Waals surface area contributed by atoms with E-state index in [1.807, 2.05) is 5.43 Å². The highest BCUT2D eigenvalue weighted by Crippen LogP contribution is 2.21. The molecule has 0 spiro atoms. The minimum absolute atomic E-state index is 0.352. The summed E-state index contributed by atoms with van der Waals surface area (Å²) < 4.78 is 5.06. The van der Waals surface area contributed by atoms with E-state index < -0.39 is 0 Å². The number of nitrogen functional groups attached to an aromatic ring is 1. The molecule has 6 nitrogen and oxygen atoms in total. The Balaban J connectivity index is 1.95. The van der Waals surface area contributed by atoms with Crippen LogP contribution in [0, 0.1) is 0 Å². The highest BCUT2D eigenvalue weighted by Gasteiger charge is 2.10. The first kappa shape index (κ1) is 11.1. The van der Waals surface area contributed by atoms with Crippen molar-refractivity contribution in [1.29, 1.82) is 0 Å². The molecule has 2 aromatic heterocycles. The van der Waals surface area contributed by atoms with Crippen LogP contribution in [0.2, 0.25) is 0 Å². The van der Waals surface area contributed by atoms with Crippen molar-refractivity contribution < 1.29 is 9.21 Å². The zero-order chi connectivity index (χ0) is 11.4. The summed E-state index contributed by atoms with van der Waals surface area (Å²) >= 11 is 2.67. The Morgan fingerprint density at radius 3 is 3.25 bits per heavy atom. The first-order valence-electron chi connectivity index (χ1n) is 4.27. The van der Waals surface area contributed by atoms with Crippen molar-refractivity contribution in [3.8, 4) is 0 Å². The van der Waals surface area contributed by atoms with E-state index in [0.717, 1.165) is 5.69 Å². The van der Waals surface area contributed by atoms with E-state index in [-0.39, 0.29) is 5.91 Å². The van der Waals surface area contributed by atoms with Crippen molar-refractivity contribution in [2.24, 2.45) is 5.84 Å². The number of carbonyl (C=O) groups excluding carboxylic acids is 1. The van der Waals surface area contributed by atoms with Crippen molar-refractivity contribution in [1.82, 2.24) is 15.4 Å². The lowest BCUT2D eigenvalue weighted by Gasteiger charge is -1.93. The third-order valence-corrected chi connectivity index (χ3v) is 3.41. The first-order chi connectivity index (χ1) is 7.79. The molecule has 0 aliphatic carbocycles. The highest BCUT2D eigenvalue weighted by atomic mass is 32.2. The fourth-order valence-corrected chi connectivity index (χ4v) is 2.46. The molecule has 3 N–H and O–H groups in total. The van der Waals surface area contributed by atoms with Crippen LogP contribution in [-0.4, -0.2) is 15.9 Å². The van der Waals surface area contributed by atoms with Gasteiger partial charge in [-0.25, -0.2) is 15.8 Å². The monoisotopic (exact) mass is 256 g/mol. The molecule has 0 bridgehead atoms. The van der Waals surface area contributed by atoms with E-state index >= 15 is 0 Å². The molecule has 0 atom stereocenters. The maximum Gasteiger partial charge on any atom is 0.294 e. The SMILES string of the molecule is NNC(=O)c1nc(CSc2ncco2)cs1. The van der Waals surface area contributed by atoms with Crippen LogP contribution in [0.3, 0.4) is 0 Å². The summed E-state index contributed by atoms with van der Waals surface area (Å²) in [4.78, 5) is 19.2. The van der Waals surface area contributed by atoms with Gasteiger partial charge in [0.2, 0.25) is 0 Å². The number of hydrazine groups is 1. The minimum atomic E-state index is -0.377. The summed E-state index contributed by atoms with van der Waals surface area (Å²) in [6.45, 7) is 0. The minimum Gasteiger partial charge on any atom is -0.440 e. The largest absolute Gasteiger partial charge is 0.440 e. The fraction of sp³-hybridized carbons (Fsp3) is 0.125. The van der Waals surface area contributed by atoms with Gasteiger partial charge in [0.05, 0.1) is 11.9 Å². The summed E-state index contributed by atoms with van der Waals surface area (Å²) in [7, 11) is 0. The highest BCUT2D eigenvalue weighted by molar-refractivity contribution is 7.98. The van der Waals surface area contributed by atoms with Crippen LogP contribution in [-0.2, 0) is 5.75 Å². The molecule has 0 fully saturated rings. The average Bonchev–Trinajstić information content (AvgIpc) is 2.96. The molecule has 0 aliphatic heterocycles. The summed E-state index contributed by atoms with van der Waals surface area (Å²) in [5, 5.41) is 2.74. The Kier molecular flexibility index (Phi) is 3.54. The molecule has 0 aliphatic rings. The van der Waals surface area contributed by atoms with Gasteiger partial charge in [0.25, 0.3) is 11.1 Å². The molecule has 8 heteroatoms. The lowest BCUT2D eigenvalue weighted by atomic mass is 10.5. The number of oxazole rings is 1. The number of hydrogen-bond donors (Lipinski definition) is 2. The van der Waals surface area contributed by atoms with Crippen molar-refractivity contribution >= 4 is 29.0 Å². The number of hydrogen-bond acceptors (Lipinski definition) is 7. The summed E-state index contributed by atoms with van der Waals surface area (Å²) in [5.74, 6) is 5.23. The lowest BCUT2D eigenvalue weighted by molar-refractivity contribution is 0.0953. The number of aromatic nitrogens is 2. The fourth-order valence-electron chi connectivity index (χ4n) is 0.957. The van der Waals surface area contributed by atoms with Gasteiger partial charge in [0.1, 0.15) is 6.26 Å². The van der Waals surface area contributed by atoms with Gasteiger partial charge in [-0.2, -0.15) is 0 Å². The van der Waals surface area contributed by atoms with E-state index in [1.165, 1.54) is 29.4 Å². The van der Waals surface area contributed by atoms with Gasteiger partial charge < -0.3 is 4.42 Å². The second-order valence-corrected chi connectivity index (χ2v) is 4.49. The number of thiazole rings is 1. The Hall–Kier alpha value is -1.38. The molecule has 0 saturated carbocycles. The Morgan fingerprint density at radius 2 is 2.56 bits per heavy atom. The molecule has 0 aromatic carbocycles. The first-order valence-corrected chi connectivity index (χ1v) is 6.14. The molecular weight excluding hydrogens is 248 g/mol. The average molecular weight is 256 g/mol. The molecular formula is C8H8N4O2S2. The zero-order valence-corrected chi connectivity index (χ0v) is 9.68. The summed E-state index contributed by atoms with van der Waals surface area (Å²) in [6, 6.07) is 0. The van der Waals surface area contributed by atoms with Crippen LogP contribution in [0.4, 0.5) is 0 Å². The zero-order valence-electron chi connectivity index (χ0n) is 8.04. The van der Waals surface area contributed by atoms with Crippen molar-refractivity contribution in [2.75, 3.05) is 0 Å². The predicted octanol–water partition coefficient (Wildman–Crippen LogP) is 1.03. The lowest BCUT2D eigenvalue weighted by Crippen LogP contribution is -2.29. The second-order valence-electron chi connectivity index (χ2n) is 2.70. The number of nitrogens with one attached hydrogen (secondary N) is 1. The summed E-state index contributed by atoms with van der Waals surface area (Å²) in [5.41, 5.74) is 2.83. The molecule has 16 heavy (non-hydrogen) atoms. The second kappa shape index (κ2) is 5.10. The quantitative estimate of drug-likeness (QED) is 0.367. The molecule has 84 valence electrons. The normalized spacial score (nSPS) is 10.3. The molecule has 2 rings (SSSR count). The van der Waals surface area contributed by atoms with Gasteiger partial charge in [-0.15, -0.1) is 11.3 Å². The summed E-state index contributed by atoms with van der Waals surface area (Å²) in [6.07, 6.45) is 3.09. The number of thioether (sulfide) groups is 1. The maximum absolute atomic E-state index is 11.1. The maximum atomic E-state index is 11.1. The van der Waals surface area contributed by atoms with Gasteiger partial charge in [-0.05, 0) is 0 Å². The van der Waals surface area contributed by atoms with Crippen molar-refractivity contribution in [3.63, 3.8) is 0 Å². The topological polar surface area (TPSA) is 94.0 Å². The Labute approximate surface area is 99.2 Å². The van der Waals surface area contributed by atoms with Crippen LogP contribution >= 0.6 is 23.1 Å². The van der Waals surface area contributed by atoms with Crippen LogP contribution in [0.5, 0.6) is 0 Å². The smallest absolute Gasteiger partial charge is 0.294 e. The third-order valence-electron chi connectivity index (χ3n) is 1.63. The van der Waals surface area contributed by atoms with Gasteiger partial charge in [-0.1, -0.05) is 11.8 Å². The van der Waals surface area contributed by atoms with Gasteiger partial charge in [-0.3, -0.25) is 10.2 Å². The van der Waals surface area contributed by atoms with E-state index in [1.54, 1.807) is 11.6 Å². The van der Waals surface area contributed by atoms with Crippen LogP contribution in [0.15, 0.2) is 27.5 Å². The number of nitrogens with two attached hydrogens (primary N) is 1. The molecule has 1 amide bonds. The van der Waals surface area contributed by atoms with Crippen LogP contribution in [0.1, 0.15) is 15.5 Å². The number of nitrogens with zero attached hydrogens (tertiary/aromatic N) is 2.